The molecular formula is C23H24N2O3S. The summed E-state index contributed by atoms with van der Waals surface area (Å²) in [4.78, 5) is 19.5. The maximum absolute atomic E-state index is 13.0. The number of hydrogen-bond donors (Lipinski definition) is 0. The lowest BCUT2D eigenvalue weighted by Gasteiger charge is -2.31. The molecule has 150 valence electrons. The van der Waals surface area contributed by atoms with Crippen molar-refractivity contribution >= 4 is 17.2 Å². The van der Waals surface area contributed by atoms with Crippen molar-refractivity contribution < 1.29 is 14.3 Å². The Labute approximate surface area is 174 Å². The molecule has 0 N–H and O–H groups in total. The van der Waals surface area contributed by atoms with Gasteiger partial charge in [0, 0.05) is 18.5 Å². The van der Waals surface area contributed by atoms with E-state index < -0.39 is 0 Å². The summed E-state index contributed by atoms with van der Waals surface area (Å²) >= 11 is 1.45. The van der Waals surface area contributed by atoms with Gasteiger partial charge in [-0.2, -0.15) is 0 Å². The zero-order valence-corrected chi connectivity index (χ0v) is 17.4. The Morgan fingerprint density at radius 2 is 1.79 bits per heavy atom. The number of benzene rings is 2. The van der Waals surface area contributed by atoms with Crippen LogP contribution < -0.4 is 9.47 Å². The van der Waals surface area contributed by atoms with E-state index in [4.69, 9.17) is 9.47 Å². The highest BCUT2D eigenvalue weighted by Gasteiger charge is 2.26. The largest absolute Gasteiger partial charge is 0.493 e. The molecule has 0 radical (unpaired) electrons. The van der Waals surface area contributed by atoms with Gasteiger partial charge in [0.25, 0.3) is 5.91 Å². The van der Waals surface area contributed by atoms with E-state index >= 15 is 0 Å². The number of piperidine rings is 1. The highest BCUT2D eigenvalue weighted by atomic mass is 32.1. The number of rotatable bonds is 5. The van der Waals surface area contributed by atoms with Crippen molar-refractivity contribution in [1.82, 2.24) is 9.88 Å². The van der Waals surface area contributed by atoms with Crippen LogP contribution >= 0.6 is 11.3 Å². The fraction of sp³-hybridized carbons (Fsp3) is 0.304. The van der Waals surface area contributed by atoms with E-state index in [1.165, 1.54) is 16.9 Å². The molecular weight excluding hydrogens is 384 g/mol. The van der Waals surface area contributed by atoms with E-state index in [-0.39, 0.29) is 5.91 Å². The third kappa shape index (κ3) is 3.98. The van der Waals surface area contributed by atoms with Crippen LogP contribution in [0.4, 0.5) is 0 Å². The molecule has 3 aromatic rings. The maximum Gasteiger partial charge on any atom is 0.273 e. The van der Waals surface area contributed by atoms with Crippen LogP contribution in [-0.4, -0.2) is 43.1 Å². The minimum Gasteiger partial charge on any atom is -0.493 e. The molecule has 5 nitrogen and oxygen atoms in total. The molecule has 0 atom stereocenters. The number of thiazole rings is 1. The number of carbonyl (C=O) groups excluding carboxylic acids is 1. The van der Waals surface area contributed by atoms with Gasteiger partial charge >= 0.3 is 0 Å². The molecule has 29 heavy (non-hydrogen) atoms. The van der Waals surface area contributed by atoms with Gasteiger partial charge in [0.15, 0.2) is 11.5 Å². The molecule has 0 spiro atoms. The van der Waals surface area contributed by atoms with Crippen molar-refractivity contribution in [1.29, 1.82) is 0 Å². The van der Waals surface area contributed by atoms with Gasteiger partial charge in [0.05, 0.1) is 19.8 Å². The average molecular weight is 409 g/mol. The van der Waals surface area contributed by atoms with Gasteiger partial charge < -0.3 is 14.4 Å². The normalized spacial score (nSPS) is 14.6. The number of aromatic nitrogens is 1. The fourth-order valence-corrected chi connectivity index (χ4v) is 4.67. The zero-order valence-electron chi connectivity index (χ0n) is 16.6. The molecule has 1 fully saturated rings. The zero-order chi connectivity index (χ0) is 20.2. The van der Waals surface area contributed by atoms with Crippen molar-refractivity contribution in [3.63, 3.8) is 0 Å². The van der Waals surface area contributed by atoms with Gasteiger partial charge in [0.2, 0.25) is 0 Å². The van der Waals surface area contributed by atoms with Crippen LogP contribution in [0, 0.1) is 0 Å². The summed E-state index contributed by atoms with van der Waals surface area (Å²) in [7, 11) is 3.22. The number of amides is 1. The Morgan fingerprint density at radius 1 is 1.03 bits per heavy atom. The lowest BCUT2D eigenvalue weighted by Crippen LogP contribution is -2.38. The standard InChI is InChI=1S/C23H24N2O3S/c1-27-20-10-6-9-18(21(20)28-2)22-24-19(15-29-22)23(26)25-13-11-17(12-14-25)16-7-4-3-5-8-16/h3-10,15,17H,11-14H2,1-2H3. The summed E-state index contributed by atoms with van der Waals surface area (Å²) in [6.07, 6.45) is 1.97. The van der Waals surface area contributed by atoms with E-state index in [9.17, 15) is 4.79 Å². The number of ether oxygens (including phenoxy) is 2. The minimum absolute atomic E-state index is 0.000810. The maximum atomic E-state index is 13.0. The van der Waals surface area contributed by atoms with Crippen LogP contribution in [0.3, 0.4) is 0 Å². The summed E-state index contributed by atoms with van der Waals surface area (Å²) in [6.45, 7) is 1.52. The third-order valence-corrected chi connectivity index (χ3v) is 6.29. The van der Waals surface area contributed by atoms with Crippen LogP contribution in [0.2, 0.25) is 0 Å². The molecule has 0 unspecified atom stereocenters. The molecule has 1 amide bonds. The number of methoxy groups -OCH3 is 2. The van der Waals surface area contributed by atoms with Crippen molar-refractivity contribution in [2.75, 3.05) is 27.3 Å². The van der Waals surface area contributed by atoms with Crippen molar-refractivity contribution in [3.8, 4) is 22.1 Å². The van der Waals surface area contributed by atoms with Crippen LogP contribution in [0.1, 0.15) is 34.8 Å². The number of hydrogen-bond acceptors (Lipinski definition) is 5. The molecule has 2 heterocycles. The van der Waals surface area contributed by atoms with E-state index in [1.54, 1.807) is 14.2 Å². The Bertz CT molecular complexity index is 979. The second kappa shape index (κ2) is 8.66. The number of likely N-dealkylation sites (tertiary alicyclic amines) is 1. The van der Waals surface area contributed by atoms with Crippen LogP contribution in [-0.2, 0) is 0 Å². The average Bonchev–Trinajstić information content (AvgIpc) is 3.28. The minimum atomic E-state index is 0.000810. The molecule has 2 aromatic carbocycles. The molecule has 0 aliphatic carbocycles. The van der Waals surface area contributed by atoms with Crippen LogP contribution in [0.5, 0.6) is 11.5 Å². The first-order chi connectivity index (χ1) is 14.2. The van der Waals surface area contributed by atoms with Crippen LogP contribution in [0.25, 0.3) is 10.6 Å². The first-order valence-electron chi connectivity index (χ1n) is 9.72. The molecule has 1 aliphatic rings. The number of nitrogens with zero attached hydrogens (tertiary/aromatic N) is 2. The SMILES string of the molecule is COc1cccc(-c2nc(C(=O)N3CCC(c4ccccc4)CC3)cs2)c1OC. The lowest BCUT2D eigenvalue weighted by atomic mass is 9.89. The smallest absolute Gasteiger partial charge is 0.273 e. The number of carbonyl (C=O) groups is 1. The Kier molecular flexibility index (Phi) is 5.81. The molecule has 1 saturated heterocycles. The van der Waals surface area contributed by atoms with E-state index in [2.05, 4.69) is 29.2 Å². The molecule has 4 rings (SSSR count). The summed E-state index contributed by atoms with van der Waals surface area (Å²) in [5.41, 5.74) is 2.69. The molecule has 1 aromatic heterocycles. The molecule has 6 heteroatoms. The Morgan fingerprint density at radius 3 is 2.48 bits per heavy atom. The lowest BCUT2D eigenvalue weighted by molar-refractivity contribution is 0.0708. The van der Waals surface area contributed by atoms with Gasteiger partial charge in [-0.25, -0.2) is 4.98 Å². The predicted molar refractivity (Wildman–Crippen MR) is 115 cm³/mol. The van der Waals surface area contributed by atoms with Gasteiger partial charge in [-0.15, -0.1) is 11.3 Å². The fourth-order valence-electron chi connectivity index (χ4n) is 3.85. The van der Waals surface area contributed by atoms with E-state index in [0.717, 1.165) is 36.5 Å². The van der Waals surface area contributed by atoms with Crippen molar-refractivity contribution in [2.45, 2.75) is 18.8 Å². The highest BCUT2D eigenvalue weighted by molar-refractivity contribution is 7.13. The second-order valence-corrected chi connectivity index (χ2v) is 7.91. The summed E-state index contributed by atoms with van der Waals surface area (Å²) in [5, 5.41) is 2.59. The van der Waals surface area contributed by atoms with Gasteiger partial charge in [-0.05, 0) is 36.5 Å². The Balaban J connectivity index is 1.47. The summed E-state index contributed by atoms with van der Waals surface area (Å²) < 4.78 is 10.9. The first-order valence-corrected chi connectivity index (χ1v) is 10.6. The molecule has 1 aliphatic heterocycles. The van der Waals surface area contributed by atoms with E-state index in [1.807, 2.05) is 34.5 Å². The van der Waals surface area contributed by atoms with Crippen molar-refractivity contribution in [3.05, 3.63) is 65.2 Å². The second-order valence-electron chi connectivity index (χ2n) is 7.06. The summed E-state index contributed by atoms with van der Waals surface area (Å²) in [6, 6.07) is 16.2. The monoisotopic (exact) mass is 408 g/mol. The topological polar surface area (TPSA) is 51.7 Å². The molecule has 0 bridgehead atoms. The van der Waals surface area contributed by atoms with E-state index in [0.29, 0.717) is 23.1 Å². The van der Waals surface area contributed by atoms with Gasteiger partial charge in [-0.3, -0.25) is 4.79 Å². The van der Waals surface area contributed by atoms with Gasteiger partial charge in [-0.1, -0.05) is 36.4 Å². The van der Waals surface area contributed by atoms with Crippen LogP contribution in [0.15, 0.2) is 53.9 Å². The van der Waals surface area contributed by atoms with Gasteiger partial charge in [0.1, 0.15) is 10.7 Å². The predicted octanol–water partition coefficient (Wildman–Crippen LogP) is 4.85. The summed E-state index contributed by atoms with van der Waals surface area (Å²) in [5.74, 6) is 1.80. The first kappa shape index (κ1) is 19.5. The molecule has 0 saturated carbocycles. The Hall–Kier alpha value is -2.86. The van der Waals surface area contributed by atoms with Crippen molar-refractivity contribution in [2.24, 2.45) is 0 Å². The highest BCUT2D eigenvalue weighted by Crippen LogP contribution is 2.39. The third-order valence-electron chi connectivity index (χ3n) is 5.41. The quantitative estimate of drug-likeness (QED) is 0.606. The number of para-hydroxylation sites is 1.